The van der Waals surface area contributed by atoms with E-state index in [2.05, 4.69) is 5.32 Å². The second kappa shape index (κ2) is 6.06. The van der Waals surface area contributed by atoms with Gasteiger partial charge in [-0.3, -0.25) is 9.59 Å². The highest BCUT2D eigenvalue weighted by Gasteiger charge is 2.46. The van der Waals surface area contributed by atoms with Crippen molar-refractivity contribution >= 4 is 23.2 Å². The number of rotatable bonds is 2. The number of hydrogen-bond acceptors (Lipinski definition) is 3. The molecule has 1 spiro atoms. The van der Waals surface area contributed by atoms with Crippen molar-refractivity contribution in [3.63, 3.8) is 0 Å². The quantitative estimate of drug-likeness (QED) is 0.913. The van der Waals surface area contributed by atoms with E-state index in [1.54, 1.807) is 0 Å². The summed E-state index contributed by atoms with van der Waals surface area (Å²) in [6.45, 7) is 1.41. The minimum Gasteiger partial charge on any atom is -0.350 e. The zero-order valence-corrected chi connectivity index (χ0v) is 14.2. The number of amides is 2. The lowest BCUT2D eigenvalue weighted by molar-refractivity contribution is -0.121. The molecular weight excluding hydrogens is 320 g/mol. The first-order chi connectivity index (χ1) is 11.7. The molecule has 2 fully saturated rings. The van der Waals surface area contributed by atoms with Gasteiger partial charge in [-0.2, -0.15) is 0 Å². The van der Waals surface area contributed by atoms with Gasteiger partial charge in [0.15, 0.2) is 0 Å². The molecule has 2 aliphatic heterocycles. The number of carbonyl (C=O) groups is 2. The number of thiophene rings is 1. The van der Waals surface area contributed by atoms with Crippen LogP contribution in [-0.4, -0.2) is 35.3 Å². The second-order valence-corrected chi connectivity index (χ2v) is 7.65. The summed E-state index contributed by atoms with van der Waals surface area (Å²) in [4.78, 5) is 27.6. The number of nitrogens with one attached hydrogen (secondary N) is 1. The van der Waals surface area contributed by atoms with Gasteiger partial charge in [-0.1, -0.05) is 36.4 Å². The maximum atomic E-state index is 12.5. The number of nitrogens with zero attached hydrogens (tertiary/aromatic N) is 1. The van der Waals surface area contributed by atoms with E-state index in [0.29, 0.717) is 13.1 Å². The SMILES string of the molecule is O=C1NC2(CCN(C(=O)c3cccs3)CC2)CC1c1ccccc1. The number of likely N-dealkylation sites (tertiary alicyclic amines) is 1. The Morgan fingerprint density at radius 3 is 2.54 bits per heavy atom. The molecule has 1 N–H and O–H groups in total. The van der Waals surface area contributed by atoms with Crippen LogP contribution >= 0.6 is 11.3 Å². The molecule has 1 unspecified atom stereocenters. The Hall–Kier alpha value is -2.14. The summed E-state index contributed by atoms with van der Waals surface area (Å²) in [7, 11) is 0. The van der Waals surface area contributed by atoms with Gasteiger partial charge in [0.25, 0.3) is 5.91 Å². The average molecular weight is 340 g/mol. The molecule has 1 aromatic carbocycles. The molecule has 3 heterocycles. The van der Waals surface area contributed by atoms with Gasteiger partial charge >= 0.3 is 0 Å². The number of benzene rings is 1. The fraction of sp³-hybridized carbons (Fsp3) is 0.368. The van der Waals surface area contributed by atoms with E-state index < -0.39 is 0 Å². The molecule has 1 aromatic heterocycles. The van der Waals surface area contributed by atoms with Crippen LogP contribution in [0, 0.1) is 0 Å². The summed E-state index contributed by atoms with van der Waals surface area (Å²) in [5.41, 5.74) is 0.938. The third-order valence-corrected chi connectivity index (χ3v) is 6.10. The zero-order valence-electron chi connectivity index (χ0n) is 13.4. The summed E-state index contributed by atoms with van der Waals surface area (Å²) in [5.74, 6) is 0.175. The highest BCUT2D eigenvalue weighted by molar-refractivity contribution is 7.12. The maximum absolute atomic E-state index is 12.5. The summed E-state index contributed by atoms with van der Waals surface area (Å²) in [6, 6.07) is 13.8. The van der Waals surface area contributed by atoms with Crippen molar-refractivity contribution in [2.45, 2.75) is 30.7 Å². The highest BCUT2D eigenvalue weighted by Crippen LogP contribution is 2.39. The van der Waals surface area contributed by atoms with Gasteiger partial charge in [0.2, 0.25) is 5.91 Å². The Morgan fingerprint density at radius 2 is 1.88 bits per heavy atom. The van der Waals surface area contributed by atoms with Crippen molar-refractivity contribution in [3.05, 3.63) is 58.3 Å². The molecule has 124 valence electrons. The fourth-order valence-corrected chi connectivity index (χ4v) is 4.55. The van der Waals surface area contributed by atoms with Gasteiger partial charge in [0, 0.05) is 18.6 Å². The van der Waals surface area contributed by atoms with Crippen LogP contribution in [0.2, 0.25) is 0 Å². The number of hydrogen-bond donors (Lipinski definition) is 1. The summed E-state index contributed by atoms with van der Waals surface area (Å²) >= 11 is 1.49. The molecule has 4 rings (SSSR count). The van der Waals surface area contributed by atoms with Gasteiger partial charge < -0.3 is 10.2 Å². The Kier molecular flexibility index (Phi) is 3.88. The summed E-state index contributed by atoms with van der Waals surface area (Å²) in [5, 5.41) is 5.17. The molecule has 5 heteroatoms. The molecule has 24 heavy (non-hydrogen) atoms. The molecule has 2 aliphatic rings. The first kappa shape index (κ1) is 15.4. The molecule has 0 aliphatic carbocycles. The minimum absolute atomic E-state index is 0.0641. The van der Waals surface area contributed by atoms with Gasteiger partial charge in [0.05, 0.1) is 10.8 Å². The van der Waals surface area contributed by atoms with E-state index in [-0.39, 0.29) is 23.3 Å². The number of piperidine rings is 1. The van der Waals surface area contributed by atoms with Gasteiger partial charge in [-0.25, -0.2) is 0 Å². The maximum Gasteiger partial charge on any atom is 0.263 e. The van der Waals surface area contributed by atoms with Crippen molar-refractivity contribution in [2.24, 2.45) is 0 Å². The van der Waals surface area contributed by atoms with E-state index in [9.17, 15) is 9.59 Å². The second-order valence-electron chi connectivity index (χ2n) is 6.71. The van der Waals surface area contributed by atoms with Crippen LogP contribution in [-0.2, 0) is 4.79 Å². The molecule has 2 aromatic rings. The lowest BCUT2D eigenvalue weighted by Gasteiger charge is -2.39. The first-order valence-electron chi connectivity index (χ1n) is 8.37. The van der Waals surface area contributed by atoms with Crippen LogP contribution in [0.4, 0.5) is 0 Å². The Labute approximate surface area is 145 Å². The molecule has 0 saturated carbocycles. The molecule has 2 saturated heterocycles. The standard InChI is InChI=1S/C19H20N2O2S/c22-17-15(14-5-2-1-3-6-14)13-19(20-17)8-10-21(11-9-19)18(23)16-7-4-12-24-16/h1-7,12,15H,8-11,13H2,(H,20,22). The molecule has 1 atom stereocenters. The average Bonchev–Trinajstić information content (AvgIpc) is 3.25. The van der Waals surface area contributed by atoms with Crippen molar-refractivity contribution < 1.29 is 9.59 Å². The smallest absolute Gasteiger partial charge is 0.263 e. The third-order valence-electron chi connectivity index (χ3n) is 5.24. The topological polar surface area (TPSA) is 49.4 Å². The fourth-order valence-electron chi connectivity index (χ4n) is 3.86. The lowest BCUT2D eigenvalue weighted by Crippen LogP contribution is -2.52. The van der Waals surface area contributed by atoms with Crippen LogP contribution < -0.4 is 5.32 Å². The summed E-state index contributed by atoms with van der Waals surface area (Å²) in [6.07, 6.45) is 2.50. The largest absolute Gasteiger partial charge is 0.350 e. The van der Waals surface area contributed by atoms with Crippen molar-refractivity contribution in [1.82, 2.24) is 10.2 Å². The highest BCUT2D eigenvalue weighted by atomic mass is 32.1. The zero-order chi connectivity index (χ0) is 16.6. The first-order valence-corrected chi connectivity index (χ1v) is 9.25. The van der Waals surface area contributed by atoms with Crippen LogP contribution in [0.15, 0.2) is 47.8 Å². The van der Waals surface area contributed by atoms with E-state index >= 15 is 0 Å². The van der Waals surface area contributed by atoms with Crippen LogP contribution in [0.5, 0.6) is 0 Å². The van der Waals surface area contributed by atoms with Gasteiger partial charge in [-0.05, 0) is 36.3 Å². The minimum atomic E-state index is -0.149. The normalized spacial score (nSPS) is 22.6. The van der Waals surface area contributed by atoms with E-state index in [4.69, 9.17) is 0 Å². The Morgan fingerprint density at radius 1 is 1.12 bits per heavy atom. The van der Waals surface area contributed by atoms with Crippen molar-refractivity contribution in [3.8, 4) is 0 Å². The van der Waals surface area contributed by atoms with Crippen molar-refractivity contribution in [1.29, 1.82) is 0 Å². The molecular formula is C19H20N2O2S. The predicted octanol–water partition coefficient (Wildman–Crippen LogP) is 3.03. The van der Waals surface area contributed by atoms with Crippen LogP contribution in [0.25, 0.3) is 0 Å². The van der Waals surface area contributed by atoms with Gasteiger partial charge in [-0.15, -0.1) is 11.3 Å². The van der Waals surface area contributed by atoms with E-state index in [0.717, 1.165) is 29.7 Å². The third kappa shape index (κ3) is 2.73. The molecule has 2 amide bonds. The van der Waals surface area contributed by atoms with Crippen molar-refractivity contribution in [2.75, 3.05) is 13.1 Å². The predicted molar refractivity (Wildman–Crippen MR) is 94.1 cm³/mol. The molecule has 0 radical (unpaired) electrons. The van der Waals surface area contributed by atoms with Gasteiger partial charge in [0.1, 0.15) is 0 Å². The van der Waals surface area contributed by atoms with E-state index in [1.807, 2.05) is 52.7 Å². The Balaban J connectivity index is 1.44. The number of carbonyl (C=O) groups excluding carboxylic acids is 2. The monoisotopic (exact) mass is 340 g/mol. The van der Waals surface area contributed by atoms with E-state index in [1.165, 1.54) is 11.3 Å². The van der Waals surface area contributed by atoms with Crippen LogP contribution in [0.3, 0.4) is 0 Å². The molecule has 0 bridgehead atoms. The Bertz CT molecular complexity index is 734. The summed E-state index contributed by atoms with van der Waals surface area (Å²) < 4.78 is 0. The van der Waals surface area contributed by atoms with Crippen LogP contribution in [0.1, 0.15) is 40.4 Å². The lowest BCUT2D eigenvalue weighted by atomic mass is 9.82. The molecule has 4 nitrogen and oxygen atoms in total.